The Labute approximate surface area is 176 Å². The summed E-state index contributed by atoms with van der Waals surface area (Å²) in [7, 11) is -3.82. The molecule has 1 fully saturated rings. The molecule has 2 aromatic heterocycles. The van der Waals surface area contributed by atoms with Gasteiger partial charge in [0.25, 0.3) is 10.0 Å². The lowest BCUT2D eigenvalue weighted by Crippen LogP contribution is -2.27. The molecule has 3 aromatic rings. The summed E-state index contributed by atoms with van der Waals surface area (Å²) < 4.78 is 33.6. The van der Waals surface area contributed by atoms with E-state index < -0.39 is 10.0 Å². The highest BCUT2D eigenvalue weighted by atomic mass is 35.5. The number of carbonyl (C=O) groups is 1. The first-order valence-electron chi connectivity index (χ1n) is 8.85. The zero-order valence-corrected chi connectivity index (χ0v) is 17.8. The molecule has 0 spiro atoms. The van der Waals surface area contributed by atoms with Crippen molar-refractivity contribution in [1.82, 2.24) is 15.1 Å². The second-order valence-electron chi connectivity index (χ2n) is 6.58. The SMILES string of the molecule is Cc1c(Cl)cccc1NS(=O)(=O)c1cc(-c2nnc(C(=O)N3CCCC3)o2)cs1. The molecule has 8 nitrogen and oxygen atoms in total. The fourth-order valence-electron chi connectivity index (χ4n) is 2.96. The zero-order chi connectivity index (χ0) is 20.6. The number of benzene rings is 1. The van der Waals surface area contributed by atoms with Gasteiger partial charge in [-0.15, -0.1) is 21.5 Å². The number of rotatable bonds is 5. The predicted molar refractivity (Wildman–Crippen MR) is 110 cm³/mol. The Bertz CT molecular complexity index is 1170. The maximum atomic E-state index is 12.7. The molecule has 1 amide bonds. The Kier molecular flexibility index (Phi) is 5.32. The van der Waals surface area contributed by atoms with Crippen LogP contribution in [0.1, 0.15) is 29.1 Å². The Morgan fingerprint density at radius 3 is 2.79 bits per heavy atom. The summed E-state index contributed by atoms with van der Waals surface area (Å²) in [4.78, 5) is 14.0. The maximum absolute atomic E-state index is 12.7. The highest BCUT2D eigenvalue weighted by Crippen LogP contribution is 2.31. The third-order valence-electron chi connectivity index (χ3n) is 4.60. The molecular formula is C18H17ClN4O4S2. The van der Waals surface area contributed by atoms with Gasteiger partial charge in [0.05, 0.1) is 11.3 Å². The van der Waals surface area contributed by atoms with Gasteiger partial charge in [-0.25, -0.2) is 8.42 Å². The summed E-state index contributed by atoms with van der Waals surface area (Å²) in [6.07, 6.45) is 1.91. The van der Waals surface area contributed by atoms with Crippen molar-refractivity contribution in [2.45, 2.75) is 24.0 Å². The summed E-state index contributed by atoms with van der Waals surface area (Å²) in [5.74, 6) is -0.295. The molecule has 0 radical (unpaired) electrons. The van der Waals surface area contributed by atoms with E-state index in [4.69, 9.17) is 16.0 Å². The highest BCUT2D eigenvalue weighted by molar-refractivity contribution is 7.94. The summed E-state index contributed by atoms with van der Waals surface area (Å²) in [5, 5.41) is 9.77. The van der Waals surface area contributed by atoms with Gasteiger partial charge in [0.2, 0.25) is 5.89 Å². The standard InChI is InChI=1S/C18H17ClN4O4S2/c1-11-13(19)5-4-6-14(11)22-29(25,26)15-9-12(10-28-15)16-20-21-17(27-16)18(24)23-7-2-3-8-23/h4-6,9-10,22H,2-3,7-8H2,1H3. The number of amides is 1. The molecule has 0 aliphatic carbocycles. The minimum Gasteiger partial charge on any atom is -0.412 e. The first kappa shape index (κ1) is 19.9. The van der Waals surface area contributed by atoms with E-state index in [1.807, 2.05) is 0 Å². The molecule has 1 aromatic carbocycles. The van der Waals surface area contributed by atoms with Gasteiger partial charge >= 0.3 is 11.8 Å². The number of carbonyl (C=O) groups excluding carboxylic acids is 1. The van der Waals surface area contributed by atoms with Crippen LogP contribution >= 0.6 is 22.9 Å². The first-order valence-corrected chi connectivity index (χ1v) is 11.6. The summed E-state index contributed by atoms with van der Waals surface area (Å²) >= 11 is 7.07. The van der Waals surface area contributed by atoms with E-state index in [2.05, 4.69) is 14.9 Å². The number of hydrogen-bond donors (Lipinski definition) is 1. The Hall–Kier alpha value is -2.43. The van der Waals surface area contributed by atoms with E-state index in [0.717, 1.165) is 24.2 Å². The molecular weight excluding hydrogens is 436 g/mol. The van der Waals surface area contributed by atoms with Crippen LogP contribution in [-0.2, 0) is 10.0 Å². The molecule has 4 rings (SSSR count). The average molecular weight is 453 g/mol. The van der Waals surface area contributed by atoms with Crippen LogP contribution in [0.25, 0.3) is 11.5 Å². The zero-order valence-electron chi connectivity index (χ0n) is 15.4. The van der Waals surface area contributed by atoms with Crippen LogP contribution in [0.15, 0.2) is 38.3 Å². The number of thiophene rings is 1. The molecule has 1 N–H and O–H groups in total. The quantitative estimate of drug-likeness (QED) is 0.631. The number of anilines is 1. The summed E-state index contributed by atoms with van der Waals surface area (Å²) in [6.45, 7) is 3.08. The number of aromatic nitrogens is 2. The van der Waals surface area contributed by atoms with Crippen LogP contribution in [0.2, 0.25) is 5.02 Å². The third-order valence-corrected chi connectivity index (χ3v) is 7.81. The average Bonchev–Trinajstić information content (AvgIpc) is 3.45. The fourth-order valence-corrected chi connectivity index (χ4v) is 5.42. The molecule has 1 saturated heterocycles. The highest BCUT2D eigenvalue weighted by Gasteiger charge is 2.26. The second-order valence-corrected chi connectivity index (χ2v) is 9.81. The molecule has 3 heterocycles. The lowest BCUT2D eigenvalue weighted by Gasteiger charge is -2.11. The van der Waals surface area contributed by atoms with Gasteiger partial charge in [0, 0.05) is 23.5 Å². The number of nitrogens with zero attached hydrogens (tertiary/aromatic N) is 3. The minimum atomic E-state index is -3.82. The Morgan fingerprint density at radius 2 is 2.03 bits per heavy atom. The Balaban J connectivity index is 1.55. The number of likely N-dealkylation sites (tertiary alicyclic amines) is 1. The smallest absolute Gasteiger partial charge is 0.311 e. The normalized spacial score (nSPS) is 14.3. The van der Waals surface area contributed by atoms with E-state index in [0.29, 0.717) is 34.9 Å². The number of nitrogens with one attached hydrogen (secondary N) is 1. The number of halogens is 1. The lowest BCUT2D eigenvalue weighted by molar-refractivity contribution is 0.0754. The van der Waals surface area contributed by atoms with Crippen molar-refractivity contribution < 1.29 is 17.6 Å². The molecule has 11 heteroatoms. The largest absolute Gasteiger partial charge is 0.412 e. The van der Waals surface area contributed by atoms with Gasteiger partial charge in [-0.05, 0) is 43.5 Å². The van der Waals surface area contributed by atoms with E-state index in [9.17, 15) is 13.2 Å². The van der Waals surface area contributed by atoms with Crippen molar-refractivity contribution in [3.63, 3.8) is 0 Å². The molecule has 29 heavy (non-hydrogen) atoms. The summed E-state index contributed by atoms with van der Waals surface area (Å²) in [6, 6.07) is 6.44. The van der Waals surface area contributed by atoms with Gasteiger partial charge in [-0.1, -0.05) is 17.7 Å². The second kappa shape index (κ2) is 7.77. The number of hydrogen-bond acceptors (Lipinski definition) is 7. The van der Waals surface area contributed by atoms with Gasteiger partial charge in [-0.3, -0.25) is 9.52 Å². The van der Waals surface area contributed by atoms with E-state index in [1.165, 1.54) is 6.07 Å². The van der Waals surface area contributed by atoms with Crippen molar-refractivity contribution in [2.24, 2.45) is 0 Å². The van der Waals surface area contributed by atoms with Crippen molar-refractivity contribution in [3.8, 4) is 11.5 Å². The van der Waals surface area contributed by atoms with Crippen LogP contribution in [0, 0.1) is 6.92 Å². The van der Waals surface area contributed by atoms with Gasteiger partial charge in [-0.2, -0.15) is 0 Å². The Morgan fingerprint density at radius 1 is 1.28 bits per heavy atom. The fraction of sp³-hybridized carbons (Fsp3) is 0.278. The molecule has 0 unspecified atom stereocenters. The maximum Gasteiger partial charge on any atom is 0.311 e. The van der Waals surface area contributed by atoms with Crippen molar-refractivity contribution >= 4 is 44.6 Å². The molecule has 0 atom stereocenters. The van der Waals surface area contributed by atoms with Crippen LogP contribution in [0.3, 0.4) is 0 Å². The topological polar surface area (TPSA) is 105 Å². The molecule has 1 aliphatic rings. The predicted octanol–water partition coefficient (Wildman–Crippen LogP) is 3.80. The molecule has 152 valence electrons. The van der Waals surface area contributed by atoms with Gasteiger partial charge < -0.3 is 9.32 Å². The van der Waals surface area contributed by atoms with E-state index in [-0.39, 0.29) is 21.9 Å². The first-order chi connectivity index (χ1) is 13.8. The van der Waals surface area contributed by atoms with Gasteiger partial charge in [0.15, 0.2) is 0 Å². The van der Waals surface area contributed by atoms with Crippen LogP contribution in [-0.4, -0.2) is 42.5 Å². The van der Waals surface area contributed by atoms with Crippen molar-refractivity contribution in [2.75, 3.05) is 17.8 Å². The van der Waals surface area contributed by atoms with E-state index >= 15 is 0 Å². The molecule has 0 bridgehead atoms. The van der Waals surface area contributed by atoms with Crippen molar-refractivity contribution in [3.05, 3.63) is 46.1 Å². The molecule has 1 aliphatic heterocycles. The van der Waals surface area contributed by atoms with Crippen LogP contribution < -0.4 is 4.72 Å². The monoisotopic (exact) mass is 452 g/mol. The van der Waals surface area contributed by atoms with Crippen LogP contribution in [0.5, 0.6) is 0 Å². The van der Waals surface area contributed by atoms with Crippen LogP contribution in [0.4, 0.5) is 5.69 Å². The summed E-state index contributed by atoms with van der Waals surface area (Å²) in [5.41, 5.74) is 1.48. The van der Waals surface area contributed by atoms with Crippen molar-refractivity contribution in [1.29, 1.82) is 0 Å². The lowest BCUT2D eigenvalue weighted by atomic mass is 10.2. The number of sulfonamides is 1. The molecule has 0 saturated carbocycles. The van der Waals surface area contributed by atoms with Gasteiger partial charge in [0.1, 0.15) is 4.21 Å². The third kappa shape index (κ3) is 4.00. The minimum absolute atomic E-state index is 0.0810. The van der Waals surface area contributed by atoms with E-state index in [1.54, 1.807) is 35.4 Å².